The molecule has 0 saturated carbocycles. The summed E-state index contributed by atoms with van der Waals surface area (Å²) in [5.74, 6) is 0.859. The van der Waals surface area contributed by atoms with Crippen LogP contribution in [0.5, 0.6) is 0 Å². The van der Waals surface area contributed by atoms with Gasteiger partial charge >= 0.3 is 0 Å². The van der Waals surface area contributed by atoms with Gasteiger partial charge in [0.1, 0.15) is 5.56 Å². The van der Waals surface area contributed by atoms with Crippen molar-refractivity contribution in [1.82, 2.24) is 20.0 Å². The number of nitrogens with one attached hydrogen (secondary N) is 1. The minimum atomic E-state index is -0.370. The second kappa shape index (κ2) is 6.04. The number of nitrogens with zero attached hydrogens (tertiary/aromatic N) is 3. The van der Waals surface area contributed by atoms with Crippen LogP contribution in [0, 0.1) is 0 Å². The molecule has 0 bridgehead atoms. The lowest BCUT2D eigenvalue weighted by molar-refractivity contribution is 0.0788. The van der Waals surface area contributed by atoms with Crippen molar-refractivity contribution >= 4 is 17.2 Å². The maximum Gasteiger partial charge on any atom is 0.260 e. The van der Waals surface area contributed by atoms with Gasteiger partial charge in [0.05, 0.1) is 5.56 Å². The first-order valence-electron chi connectivity index (χ1n) is 7.55. The summed E-state index contributed by atoms with van der Waals surface area (Å²) in [5, 5.41) is 7.95. The van der Waals surface area contributed by atoms with E-state index in [0.717, 1.165) is 12.0 Å². The molecule has 24 heavy (non-hydrogen) atoms. The van der Waals surface area contributed by atoms with Crippen LogP contribution in [-0.4, -0.2) is 39.0 Å². The summed E-state index contributed by atoms with van der Waals surface area (Å²) >= 11 is 1.57. The fourth-order valence-electron chi connectivity index (χ4n) is 2.82. The first kappa shape index (κ1) is 14.8. The molecule has 1 unspecified atom stereocenters. The Balaban J connectivity index is 1.50. The van der Waals surface area contributed by atoms with Crippen molar-refractivity contribution in [2.75, 3.05) is 13.1 Å². The van der Waals surface area contributed by atoms with Crippen LogP contribution < -0.4 is 5.56 Å². The molecule has 1 saturated heterocycles. The molecular weight excluding hydrogens is 328 g/mol. The molecule has 3 aromatic heterocycles. The van der Waals surface area contributed by atoms with Gasteiger partial charge in [0, 0.05) is 30.6 Å². The van der Waals surface area contributed by atoms with E-state index in [1.807, 2.05) is 16.8 Å². The molecule has 1 fully saturated rings. The number of amides is 1. The Hall–Kier alpha value is -2.74. The van der Waals surface area contributed by atoms with Crippen LogP contribution in [0.4, 0.5) is 0 Å². The van der Waals surface area contributed by atoms with Crippen LogP contribution in [0.1, 0.15) is 28.5 Å². The van der Waals surface area contributed by atoms with Crippen molar-refractivity contribution < 1.29 is 9.32 Å². The molecule has 1 amide bonds. The SMILES string of the molecule is O=C(c1ccc[nH]c1=O)N1CCC(c2noc(-c3ccsc3)n2)C1. The quantitative estimate of drug-likeness (QED) is 0.787. The number of aromatic amines is 1. The molecule has 1 aliphatic rings. The number of carbonyl (C=O) groups excluding carboxylic acids is 1. The monoisotopic (exact) mass is 342 g/mol. The van der Waals surface area contributed by atoms with Crippen LogP contribution in [0.2, 0.25) is 0 Å². The first-order valence-corrected chi connectivity index (χ1v) is 8.50. The average molecular weight is 342 g/mol. The number of thiophene rings is 1. The maximum atomic E-state index is 12.5. The molecule has 1 atom stereocenters. The summed E-state index contributed by atoms with van der Waals surface area (Å²) in [7, 11) is 0. The summed E-state index contributed by atoms with van der Waals surface area (Å²) < 4.78 is 5.31. The highest BCUT2D eigenvalue weighted by Gasteiger charge is 2.31. The van der Waals surface area contributed by atoms with E-state index >= 15 is 0 Å². The molecule has 1 N–H and O–H groups in total. The molecule has 122 valence electrons. The topological polar surface area (TPSA) is 92.1 Å². The van der Waals surface area contributed by atoms with E-state index < -0.39 is 0 Å². The summed E-state index contributed by atoms with van der Waals surface area (Å²) in [6, 6.07) is 5.11. The minimum absolute atomic E-state index is 0.0212. The van der Waals surface area contributed by atoms with Gasteiger partial charge in [0.2, 0.25) is 0 Å². The maximum absolute atomic E-state index is 12.5. The summed E-state index contributed by atoms with van der Waals surface area (Å²) in [6.07, 6.45) is 2.26. The van der Waals surface area contributed by atoms with E-state index in [1.54, 1.807) is 22.3 Å². The molecule has 4 heterocycles. The van der Waals surface area contributed by atoms with E-state index in [2.05, 4.69) is 15.1 Å². The van der Waals surface area contributed by atoms with Gasteiger partial charge in [-0.25, -0.2) is 0 Å². The Morgan fingerprint density at radius 1 is 1.42 bits per heavy atom. The summed E-state index contributed by atoms with van der Waals surface area (Å²) in [4.78, 5) is 32.9. The lowest BCUT2D eigenvalue weighted by Gasteiger charge is -2.15. The second-order valence-corrected chi connectivity index (χ2v) is 6.40. The Kier molecular flexibility index (Phi) is 3.73. The van der Waals surface area contributed by atoms with Crippen LogP contribution in [0.15, 0.2) is 44.5 Å². The van der Waals surface area contributed by atoms with E-state index in [9.17, 15) is 9.59 Å². The standard InChI is InChI=1S/C16H14N4O3S/c21-14-12(2-1-5-17-14)16(22)20-6-3-10(8-20)13-18-15(23-19-13)11-4-7-24-9-11/h1-2,4-5,7,9-10H,3,6,8H2,(H,17,21). The molecule has 1 aliphatic heterocycles. The predicted molar refractivity (Wildman–Crippen MR) is 87.9 cm³/mol. The zero-order valence-corrected chi connectivity index (χ0v) is 13.5. The lowest BCUT2D eigenvalue weighted by Crippen LogP contribution is -2.32. The highest BCUT2D eigenvalue weighted by molar-refractivity contribution is 7.08. The van der Waals surface area contributed by atoms with Crippen LogP contribution in [0.3, 0.4) is 0 Å². The van der Waals surface area contributed by atoms with Crippen molar-refractivity contribution in [1.29, 1.82) is 0 Å². The van der Waals surface area contributed by atoms with Crippen molar-refractivity contribution in [2.24, 2.45) is 0 Å². The van der Waals surface area contributed by atoms with E-state index in [1.165, 1.54) is 12.3 Å². The fraction of sp³-hybridized carbons (Fsp3) is 0.250. The first-order chi connectivity index (χ1) is 11.7. The van der Waals surface area contributed by atoms with Gasteiger partial charge in [-0.05, 0) is 30.0 Å². The Bertz CT molecular complexity index is 915. The summed E-state index contributed by atoms with van der Waals surface area (Å²) in [6.45, 7) is 1.05. The Morgan fingerprint density at radius 3 is 3.12 bits per heavy atom. The number of H-pyrrole nitrogens is 1. The average Bonchev–Trinajstić information content (AvgIpc) is 3.33. The Labute approximate surface area is 140 Å². The molecule has 0 spiro atoms. The fourth-order valence-corrected chi connectivity index (χ4v) is 3.45. The molecular formula is C16H14N4O3S. The number of carbonyl (C=O) groups is 1. The second-order valence-electron chi connectivity index (χ2n) is 5.62. The van der Waals surface area contributed by atoms with E-state index in [-0.39, 0.29) is 22.9 Å². The van der Waals surface area contributed by atoms with Gasteiger partial charge in [-0.15, -0.1) is 0 Å². The minimum Gasteiger partial charge on any atom is -0.338 e. The molecule has 3 aromatic rings. The molecule has 8 heteroatoms. The molecule has 0 aromatic carbocycles. The van der Waals surface area contributed by atoms with Gasteiger partial charge in [-0.1, -0.05) is 5.16 Å². The number of likely N-dealkylation sites (tertiary alicyclic amines) is 1. The number of rotatable bonds is 3. The molecule has 7 nitrogen and oxygen atoms in total. The van der Waals surface area contributed by atoms with E-state index in [4.69, 9.17) is 4.52 Å². The van der Waals surface area contributed by atoms with Gasteiger partial charge in [0.25, 0.3) is 17.4 Å². The number of pyridine rings is 1. The highest BCUT2D eigenvalue weighted by Crippen LogP contribution is 2.28. The predicted octanol–water partition coefficient (Wildman–Crippen LogP) is 2.12. The van der Waals surface area contributed by atoms with Gasteiger partial charge in [0.15, 0.2) is 5.82 Å². The van der Waals surface area contributed by atoms with E-state index in [0.29, 0.717) is 24.8 Å². The van der Waals surface area contributed by atoms with Crippen molar-refractivity contribution in [2.45, 2.75) is 12.3 Å². The number of aromatic nitrogens is 3. The van der Waals surface area contributed by atoms with Crippen molar-refractivity contribution in [3.63, 3.8) is 0 Å². The van der Waals surface area contributed by atoms with Gasteiger partial charge in [-0.2, -0.15) is 16.3 Å². The van der Waals surface area contributed by atoms with Crippen LogP contribution >= 0.6 is 11.3 Å². The van der Waals surface area contributed by atoms with Crippen LogP contribution in [0.25, 0.3) is 11.5 Å². The smallest absolute Gasteiger partial charge is 0.260 e. The zero-order chi connectivity index (χ0) is 16.5. The third-order valence-corrected chi connectivity index (χ3v) is 4.78. The third-order valence-electron chi connectivity index (χ3n) is 4.10. The largest absolute Gasteiger partial charge is 0.338 e. The van der Waals surface area contributed by atoms with Gasteiger partial charge in [-0.3, -0.25) is 9.59 Å². The Morgan fingerprint density at radius 2 is 2.33 bits per heavy atom. The summed E-state index contributed by atoms with van der Waals surface area (Å²) in [5.41, 5.74) is 0.691. The normalized spacial score (nSPS) is 17.3. The lowest BCUT2D eigenvalue weighted by atomic mass is 10.1. The third kappa shape index (κ3) is 2.65. The molecule has 4 rings (SSSR count). The molecule has 0 aliphatic carbocycles. The van der Waals surface area contributed by atoms with Gasteiger partial charge < -0.3 is 14.4 Å². The van der Waals surface area contributed by atoms with Crippen LogP contribution in [-0.2, 0) is 0 Å². The number of hydrogen-bond acceptors (Lipinski definition) is 6. The zero-order valence-electron chi connectivity index (χ0n) is 12.6. The molecule has 0 radical (unpaired) electrons. The van der Waals surface area contributed by atoms with Crippen molar-refractivity contribution in [3.8, 4) is 11.5 Å². The highest BCUT2D eigenvalue weighted by atomic mass is 32.1. The number of hydrogen-bond donors (Lipinski definition) is 1. The van der Waals surface area contributed by atoms with Crippen molar-refractivity contribution in [3.05, 3.63) is 56.9 Å².